The molecule has 0 aliphatic rings. The highest BCUT2D eigenvalue weighted by molar-refractivity contribution is 7.88. The quantitative estimate of drug-likeness (QED) is 0.0559. The minimum absolute atomic E-state index is 0.119. The third kappa shape index (κ3) is 14.5. The van der Waals surface area contributed by atoms with Crippen LogP contribution < -0.4 is 9.50 Å². The Morgan fingerprint density at radius 3 is 1.27 bits per heavy atom. The van der Waals surface area contributed by atoms with Crippen molar-refractivity contribution < 1.29 is 25.8 Å². The second-order valence-corrected chi connectivity index (χ2v) is 18.1. The van der Waals surface area contributed by atoms with Crippen LogP contribution in [0.25, 0.3) is 21.5 Å². The van der Waals surface area contributed by atoms with E-state index in [4.69, 9.17) is 0 Å². The lowest BCUT2D eigenvalue weighted by Gasteiger charge is -2.18. The molecule has 4 aromatic carbocycles. The molecule has 0 unspecified atom stereocenters. The van der Waals surface area contributed by atoms with Crippen LogP contribution in [0.4, 0.5) is 18.9 Å². The predicted molar refractivity (Wildman–Crippen MR) is 266 cm³/mol. The first-order valence-electron chi connectivity index (χ1n) is 23.3. The maximum Gasteiger partial charge on any atom is 0.534 e. The minimum atomic E-state index is -5.84. The number of halogens is 3. The molecule has 0 spiro atoms. The van der Waals surface area contributed by atoms with Gasteiger partial charge in [-0.2, -0.15) is 21.6 Å². The average molecular weight is 894 g/mol. The number of hydrogen-bond donors (Lipinski definition) is 1. The van der Waals surface area contributed by atoms with Gasteiger partial charge in [-0.05, 0) is 147 Å². The Kier molecular flexibility index (Phi) is 21.7. The lowest BCUT2D eigenvalue weighted by molar-refractivity contribution is -0.0500. The van der Waals surface area contributed by atoms with Gasteiger partial charge in [-0.25, -0.2) is 0 Å². The van der Waals surface area contributed by atoms with Gasteiger partial charge in [0.2, 0.25) is 0 Å². The summed E-state index contributed by atoms with van der Waals surface area (Å²) in [6.45, 7) is 23.8. The van der Waals surface area contributed by atoms with Crippen molar-refractivity contribution >= 4 is 37.4 Å². The highest BCUT2D eigenvalue weighted by atomic mass is 32.2. The summed E-state index contributed by atoms with van der Waals surface area (Å²) < 4.78 is 67.4. The molecule has 4 aromatic rings. The third-order valence-electron chi connectivity index (χ3n) is 11.6. The molecule has 4 nitrogen and oxygen atoms in total. The van der Waals surface area contributed by atoms with Gasteiger partial charge in [-0.3, -0.25) is 0 Å². The smallest absolute Gasteiger partial charge is 0.384 e. The van der Waals surface area contributed by atoms with Crippen LogP contribution in [0.3, 0.4) is 0 Å². The molecule has 1 N–H and O–H groups in total. The number of hydrogen-bond acceptors (Lipinski definition) is 4. The van der Waals surface area contributed by atoms with Gasteiger partial charge in [0.15, 0.2) is 5.75 Å². The molecular formula is C56H70F3NO3S. The normalized spacial score (nSPS) is 11.0. The van der Waals surface area contributed by atoms with Crippen LogP contribution in [0.2, 0.25) is 0 Å². The van der Waals surface area contributed by atoms with Gasteiger partial charge in [0.25, 0.3) is 0 Å². The fraction of sp³-hybridized carbons (Fsp3) is 0.500. The Balaban J connectivity index is 0.000000341. The van der Waals surface area contributed by atoms with Gasteiger partial charge in [0.05, 0.1) is 11.3 Å². The van der Waals surface area contributed by atoms with Crippen molar-refractivity contribution in [2.45, 2.75) is 178 Å². The van der Waals surface area contributed by atoms with Crippen LogP contribution in [0, 0.1) is 88.9 Å². The molecule has 0 aromatic heterocycles. The molecule has 0 aliphatic carbocycles. The molecule has 0 fully saturated rings. The Hall–Kier alpha value is -5.02. The van der Waals surface area contributed by atoms with Crippen molar-refractivity contribution in [2.24, 2.45) is 0 Å². The first-order valence-corrected chi connectivity index (χ1v) is 24.7. The van der Waals surface area contributed by atoms with E-state index in [2.05, 4.69) is 117 Å². The van der Waals surface area contributed by atoms with E-state index >= 15 is 0 Å². The van der Waals surface area contributed by atoms with E-state index in [0.29, 0.717) is 11.8 Å². The first kappa shape index (κ1) is 53.3. The largest absolute Gasteiger partial charge is 0.534 e. The number of alkyl halides is 3. The summed E-state index contributed by atoms with van der Waals surface area (Å²) in [6.07, 6.45) is 15.4. The molecule has 0 atom stereocenters. The molecule has 344 valence electrons. The van der Waals surface area contributed by atoms with E-state index < -0.39 is 21.4 Å². The molecule has 0 heterocycles. The predicted octanol–water partition coefficient (Wildman–Crippen LogP) is 15.5. The molecule has 0 saturated heterocycles. The zero-order valence-corrected chi connectivity index (χ0v) is 41.2. The highest BCUT2D eigenvalue weighted by Gasteiger charge is 2.49. The van der Waals surface area contributed by atoms with Gasteiger partial charge >= 0.3 is 15.6 Å². The lowest BCUT2D eigenvalue weighted by atomic mass is 9.90. The average Bonchev–Trinajstić information content (AvgIpc) is 3.25. The number of aryl methyl sites for hydroxylation is 4. The van der Waals surface area contributed by atoms with E-state index in [9.17, 15) is 21.6 Å². The van der Waals surface area contributed by atoms with E-state index in [1.807, 2.05) is 20.8 Å². The van der Waals surface area contributed by atoms with E-state index in [1.54, 1.807) is 19.1 Å². The Labute approximate surface area is 384 Å². The standard InChI is InChI=1S/C30H41N.C26H29F3O3S/c1-7-10-13-15-18-26-21-29-25(6)30(31-20-17-12-9-3)27(19-16-14-11-8-2)22-28(29)24(5)23(26)4;1-6-8-10-12-14-21-16-24-20(5)25(32-33(30,31)26(27,28)29)22(15-13-11-9-7-2)17-23(24)19(4)18(21)3/h21-22,31H,7-14,17,20H2,1-6H3;16-17H,6-11H2,1-5H3. The zero-order chi connectivity index (χ0) is 47.5. The zero-order valence-electron chi connectivity index (χ0n) is 40.4. The summed E-state index contributed by atoms with van der Waals surface area (Å²) in [5, 5.41) is 7.71. The van der Waals surface area contributed by atoms with Crippen molar-refractivity contribution in [1.29, 1.82) is 0 Å². The van der Waals surface area contributed by atoms with E-state index in [0.717, 1.165) is 85.6 Å². The van der Waals surface area contributed by atoms with Crippen LogP contribution in [-0.2, 0) is 10.1 Å². The molecule has 0 aliphatic heterocycles. The summed E-state index contributed by atoms with van der Waals surface area (Å²) in [5.41, 5.74) is 4.93. The van der Waals surface area contributed by atoms with Crippen LogP contribution in [-0.4, -0.2) is 20.5 Å². The van der Waals surface area contributed by atoms with Gasteiger partial charge in [-0.1, -0.05) is 121 Å². The molecule has 0 amide bonds. The van der Waals surface area contributed by atoms with Crippen molar-refractivity contribution in [3.8, 4) is 53.1 Å². The Morgan fingerprint density at radius 1 is 0.484 bits per heavy atom. The molecule has 64 heavy (non-hydrogen) atoms. The molecule has 8 heteroatoms. The Morgan fingerprint density at radius 2 is 0.844 bits per heavy atom. The van der Waals surface area contributed by atoms with Crippen molar-refractivity contribution in [2.75, 3.05) is 11.9 Å². The minimum Gasteiger partial charge on any atom is -0.384 e. The number of rotatable bonds is 15. The highest BCUT2D eigenvalue weighted by Crippen LogP contribution is 2.38. The summed E-state index contributed by atoms with van der Waals surface area (Å²) in [6, 6.07) is 8.00. The fourth-order valence-corrected chi connectivity index (χ4v) is 7.70. The number of nitrogens with one attached hydrogen (secondary N) is 1. The van der Waals surface area contributed by atoms with Gasteiger partial charge in [0.1, 0.15) is 0 Å². The van der Waals surface area contributed by atoms with Gasteiger partial charge < -0.3 is 9.50 Å². The van der Waals surface area contributed by atoms with E-state index in [-0.39, 0.29) is 11.1 Å². The fourth-order valence-electron chi connectivity index (χ4n) is 7.18. The topological polar surface area (TPSA) is 55.4 Å². The SMILES string of the molecule is CCCCC#Cc1cc2c(C)c(NCCCCC)c(C#CCCCC)cc2c(C)c1C.CCCCC#Cc1cc2c(C)c(OS(=O)(=O)C(F)(F)F)c(C#CCCCC)cc2c(C)c1C. The molecule has 0 bridgehead atoms. The van der Waals surface area contributed by atoms with Crippen LogP contribution in [0.15, 0.2) is 24.3 Å². The molecular weight excluding hydrogens is 824 g/mol. The van der Waals surface area contributed by atoms with Crippen molar-refractivity contribution in [3.63, 3.8) is 0 Å². The van der Waals surface area contributed by atoms with Crippen molar-refractivity contribution in [3.05, 3.63) is 79.9 Å². The van der Waals surface area contributed by atoms with Crippen molar-refractivity contribution in [1.82, 2.24) is 0 Å². The van der Waals surface area contributed by atoms with Crippen LogP contribution in [0.1, 0.15) is 187 Å². The summed E-state index contributed by atoms with van der Waals surface area (Å²) in [4.78, 5) is 0. The monoisotopic (exact) mass is 894 g/mol. The number of benzene rings is 4. The number of unbranched alkanes of at least 4 members (excludes halogenated alkanes) is 10. The summed E-state index contributed by atoms with van der Waals surface area (Å²) >= 11 is 0. The maximum absolute atomic E-state index is 13.1. The first-order chi connectivity index (χ1) is 30.5. The summed E-state index contributed by atoms with van der Waals surface area (Å²) in [5.74, 6) is 25.4. The van der Waals surface area contributed by atoms with Gasteiger partial charge in [-0.15, -0.1) is 0 Å². The second-order valence-electron chi connectivity index (χ2n) is 16.6. The maximum atomic E-state index is 13.1. The van der Waals surface area contributed by atoms with Gasteiger partial charge in [0, 0.05) is 54.5 Å². The molecule has 4 rings (SSSR count). The third-order valence-corrected chi connectivity index (χ3v) is 12.5. The number of fused-ring (bicyclic) bond motifs is 2. The number of anilines is 1. The van der Waals surface area contributed by atoms with Crippen LogP contribution >= 0.6 is 0 Å². The van der Waals surface area contributed by atoms with Crippen LogP contribution in [0.5, 0.6) is 5.75 Å². The molecule has 0 radical (unpaired) electrons. The Bertz CT molecular complexity index is 2610. The molecule has 0 saturated carbocycles. The second kappa shape index (κ2) is 26.1. The summed E-state index contributed by atoms with van der Waals surface area (Å²) in [7, 11) is -5.84. The van der Waals surface area contributed by atoms with E-state index in [1.165, 1.54) is 77.2 Å². The lowest BCUT2D eigenvalue weighted by Crippen LogP contribution is -2.28.